The monoisotopic (exact) mass is 514 g/mol. The Bertz CT molecular complexity index is 1480. The highest BCUT2D eigenvalue weighted by Crippen LogP contribution is 2.38. The van der Waals surface area contributed by atoms with Crippen LogP contribution in [0.1, 0.15) is 11.3 Å². The van der Waals surface area contributed by atoms with Crippen molar-refractivity contribution in [1.82, 2.24) is 18.7 Å². The van der Waals surface area contributed by atoms with E-state index in [0.717, 1.165) is 27.1 Å². The van der Waals surface area contributed by atoms with Gasteiger partial charge < -0.3 is 14.9 Å². The van der Waals surface area contributed by atoms with Crippen LogP contribution in [0.25, 0.3) is 16.9 Å². The molecule has 0 aliphatic carbocycles. The van der Waals surface area contributed by atoms with Crippen molar-refractivity contribution in [3.8, 4) is 34.5 Å². The Hall–Kier alpha value is -3.47. The number of hydrogen-bond donors (Lipinski definition) is 2. The number of rotatable bonds is 7. The number of methoxy groups -OCH3 is 1. The van der Waals surface area contributed by atoms with E-state index in [-0.39, 0.29) is 37.1 Å². The third-order valence-corrected chi connectivity index (χ3v) is 8.05. The molecule has 0 unspecified atom stereocenters. The van der Waals surface area contributed by atoms with Crippen LogP contribution >= 0.6 is 11.6 Å². The van der Waals surface area contributed by atoms with E-state index in [4.69, 9.17) is 21.4 Å². The predicted molar refractivity (Wildman–Crippen MR) is 131 cm³/mol. The van der Waals surface area contributed by atoms with Crippen LogP contribution in [-0.2, 0) is 29.7 Å². The molecule has 1 aliphatic heterocycles. The lowest BCUT2D eigenvalue weighted by Gasteiger charge is -2.18. The molecule has 9 nitrogen and oxygen atoms in total. The summed E-state index contributed by atoms with van der Waals surface area (Å²) < 4.78 is 36.1. The van der Waals surface area contributed by atoms with Gasteiger partial charge in [-0.1, -0.05) is 35.9 Å². The molecule has 0 bridgehead atoms. The highest BCUT2D eigenvalue weighted by molar-refractivity contribution is 7.89. The summed E-state index contributed by atoms with van der Waals surface area (Å²) in [6, 6.07) is 17.4. The molecule has 11 heteroatoms. The van der Waals surface area contributed by atoms with Crippen LogP contribution in [0.15, 0.2) is 60.7 Å². The summed E-state index contributed by atoms with van der Waals surface area (Å²) in [6.07, 6.45) is 0. The van der Waals surface area contributed by atoms with Crippen LogP contribution in [0.3, 0.4) is 0 Å². The zero-order chi connectivity index (χ0) is 24.7. The second-order valence-electron chi connectivity index (χ2n) is 8.15. The van der Waals surface area contributed by atoms with Gasteiger partial charge in [-0.15, -0.1) is 0 Å². The zero-order valence-corrected chi connectivity index (χ0v) is 20.4. The molecular formula is C24H23ClN4O5S. The zero-order valence-electron chi connectivity index (χ0n) is 18.8. The Kier molecular flexibility index (Phi) is 5.96. The van der Waals surface area contributed by atoms with E-state index in [0.29, 0.717) is 16.5 Å². The lowest BCUT2D eigenvalue weighted by Crippen LogP contribution is -2.30. The van der Waals surface area contributed by atoms with Gasteiger partial charge >= 0.3 is 0 Å². The van der Waals surface area contributed by atoms with Crippen LogP contribution in [-0.4, -0.2) is 50.1 Å². The first-order chi connectivity index (χ1) is 16.8. The first-order valence-corrected chi connectivity index (χ1v) is 12.8. The molecule has 0 fully saturated rings. The normalized spacial score (nSPS) is 13.8. The second-order valence-corrected chi connectivity index (χ2v) is 10.7. The Morgan fingerprint density at radius 3 is 2.37 bits per heavy atom. The van der Waals surface area contributed by atoms with Gasteiger partial charge in [0.2, 0.25) is 10.0 Å². The molecule has 4 aromatic rings. The third-order valence-electron chi connectivity index (χ3n) is 6.06. The highest BCUT2D eigenvalue weighted by atomic mass is 35.5. The van der Waals surface area contributed by atoms with Crippen molar-refractivity contribution in [3.63, 3.8) is 0 Å². The van der Waals surface area contributed by atoms with Gasteiger partial charge in [-0.05, 0) is 24.3 Å². The maximum absolute atomic E-state index is 13.1. The molecule has 0 spiro atoms. The summed E-state index contributed by atoms with van der Waals surface area (Å²) in [6.45, 7) is 0.185. The highest BCUT2D eigenvalue weighted by Gasteiger charge is 2.35. The molecule has 0 amide bonds. The fraction of sp³-hybridized carbons (Fsp3) is 0.208. The quantitative estimate of drug-likeness (QED) is 0.388. The second kappa shape index (κ2) is 8.95. The minimum absolute atomic E-state index is 0.0770. The van der Waals surface area contributed by atoms with Gasteiger partial charge in [0.1, 0.15) is 11.4 Å². The van der Waals surface area contributed by atoms with Crippen LogP contribution in [0.2, 0.25) is 5.02 Å². The van der Waals surface area contributed by atoms with Gasteiger partial charge in [0, 0.05) is 41.4 Å². The molecule has 0 saturated heterocycles. The van der Waals surface area contributed by atoms with Crippen molar-refractivity contribution in [1.29, 1.82) is 0 Å². The fourth-order valence-corrected chi connectivity index (χ4v) is 5.72. The van der Waals surface area contributed by atoms with Crippen LogP contribution < -0.4 is 4.74 Å². The lowest BCUT2D eigenvalue weighted by molar-refractivity contribution is 0.370. The van der Waals surface area contributed by atoms with Gasteiger partial charge in [-0.3, -0.25) is 4.57 Å². The summed E-state index contributed by atoms with van der Waals surface area (Å²) in [7, 11) is -2.12. The third kappa shape index (κ3) is 4.24. The number of ether oxygens (including phenoxy) is 1. The van der Waals surface area contributed by atoms with Crippen molar-refractivity contribution in [3.05, 3.63) is 76.9 Å². The molecular weight excluding hydrogens is 492 g/mol. The molecule has 35 heavy (non-hydrogen) atoms. The number of para-hydroxylation sites is 2. The minimum atomic E-state index is -3.71. The number of hydrogen-bond acceptors (Lipinski definition) is 6. The Morgan fingerprint density at radius 1 is 1.00 bits per heavy atom. The molecule has 182 valence electrons. The average molecular weight is 515 g/mol. The van der Waals surface area contributed by atoms with Gasteiger partial charge in [0.25, 0.3) is 0 Å². The van der Waals surface area contributed by atoms with Crippen LogP contribution in [0.5, 0.6) is 17.5 Å². The van der Waals surface area contributed by atoms with E-state index < -0.39 is 10.0 Å². The van der Waals surface area contributed by atoms with Crippen molar-refractivity contribution in [2.75, 3.05) is 12.9 Å². The molecule has 0 saturated carbocycles. The number of aromatic nitrogens is 3. The Labute approximate surface area is 207 Å². The molecule has 0 radical (unpaired) electrons. The molecule has 0 atom stereocenters. The van der Waals surface area contributed by atoms with E-state index in [1.54, 1.807) is 23.9 Å². The molecule has 5 rings (SSSR count). The molecule has 2 aromatic heterocycles. The Balaban J connectivity index is 1.50. The van der Waals surface area contributed by atoms with Crippen molar-refractivity contribution < 1.29 is 23.4 Å². The molecule has 3 heterocycles. The standard InChI is InChI=1S/C24H23ClN4O5S/c1-34-21-5-3-2-4-20(21)29-24(16-6-8-17(25)9-7-16)18-14-27(15-19(18)26-29)35(32,33)13-12-28-22(30)10-11-23(28)31/h2-11,30-31H,12-15H2,1H3. The summed E-state index contributed by atoms with van der Waals surface area (Å²) in [4.78, 5) is 0. The molecule has 1 aliphatic rings. The van der Waals surface area contributed by atoms with E-state index >= 15 is 0 Å². The van der Waals surface area contributed by atoms with E-state index in [2.05, 4.69) is 0 Å². The largest absolute Gasteiger partial charge is 0.494 e. The van der Waals surface area contributed by atoms with E-state index in [1.807, 2.05) is 36.4 Å². The van der Waals surface area contributed by atoms with Gasteiger partial charge in [0.15, 0.2) is 11.8 Å². The number of benzene rings is 2. The summed E-state index contributed by atoms with van der Waals surface area (Å²) in [5, 5.41) is 25.0. The van der Waals surface area contributed by atoms with Gasteiger partial charge in [-0.2, -0.15) is 9.40 Å². The smallest absolute Gasteiger partial charge is 0.216 e. The maximum atomic E-state index is 13.1. The SMILES string of the molecule is COc1ccccc1-n1nc2c(c1-c1ccc(Cl)cc1)CN(S(=O)(=O)CCn1c(O)ccc1O)C2. The minimum Gasteiger partial charge on any atom is -0.494 e. The Morgan fingerprint density at radius 2 is 1.69 bits per heavy atom. The predicted octanol–water partition coefficient (Wildman–Crippen LogP) is 3.76. The van der Waals surface area contributed by atoms with Gasteiger partial charge in [-0.25, -0.2) is 13.1 Å². The first-order valence-electron chi connectivity index (χ1n) is 10.8. The van der Waals surface area contributed by atoms with Crippen molar-refractivity contribution in [2.45, 2.75) is 19.6 Å². The van der Waals surface area contributed by atoms with Crippen molar-refractivity contribution in [2.24, 2.45) is 0 Å². The number of sulfonamides is 1. The summed E-state index contributed by atoms with van der Waals surface area (Å²) in [5.74, 6) is -0.0311. The summed E-state index contributed by atoms with van der Waals surface area (Å²) >= 11 is 6.11. The topological polar surface area (TPSA) is 110 Å². The fourth-order valence-electron chi connectivity index (χ4n) is 4.28. The average Bonchev–Trinajstić information content (AvgIpc) is 3.51. The number of fused-ring (bicyclic) bond motifs is 1. The van der Waals surface area contributed by atoms with Gasteiger partial charge in [0.05, 0.1) is 30.8 Å². The molecule has 2 N–H and O–H groups in total. The van der Waals surface area contributed by atoms with E-state index in [9.17, 15) is 18.6 Å². The van der Waals surface area contributed by atoms with Crippen LogP contribution in [0, 0.1) is 0 Å². The number of halogens is 1. The number of aromatic hydroxyl groups is 2. The summed E-state index contributed by atoms with van der Waals surface area (Å²) in [5.41, 5.74) is 3.79. The van der Waals surface area contributed by atoms with Crippen LogP contribution in [0.4, 0.5) is 0 Å². The first kappa shape index (κ1) is 23.3. The maximum Gasteiger partial charge on any atom is 0.216 e. The number of nitrogens with zero attached hydrogens (tertiary/aromatic N) is 4. The van der Waals surface area contributed by atoms with Crippen molar-refractivity contribution >= 4 is 21.6 Å². The lowest BCUT2D eigenvalue weighted by atomic mass is 10.1. The van der Waals surface area contributed by atoms with E-state index in [1.165, 1.54) is 16.4 Å². The molecule has 2 aromatic carbocycles.